The van der Waals surface area contributed by atoms with Gasteiger partial charge in [0.25, 0.3) is 0 Å². The fourth-order valence-electron chi connectivity index (χ4n) is 6.10. The predicted molar refractivity (Wildman–Crippen MR) is 175 cm³/mol. The summed E-state index contributed by atoms with van der Waals surface area (Å²) in [7, 11) is 0. The van der Waals surface area contributed by atoms with E-state index in [2.05, 4.69) is 65.7 Å². The normalized spacial score (nSPS) is 16.2. The van der Waals surface area contributed by atoms with Gasteiger partial charge in [0, 0.05) is 69.7 Å². The van der Waals surface area contributed by atoms with E-state index in [9.17, 15) is 4.79 Å². The molecule has 232 valence electrons. The smallest absolute Gasteiger partial charge is 0.221 e. The average molecular weight is 615 g/mol. The highest BCUT2D eigenvalue weighted by Crippen LogP contribution is 2.32. The molecule has 13 heteroatoms. The first kappa shape index (κ1) is 29.1. The highest BCUT2D eigenvalue weighted by atomic mass is 16.1. The molecule has 6 heterocycles. The Kier molecular flexibility index (Phi) is 8.09. The Labute approximate surface area is 266 Å². The summed E-state index contributed by atoms with van der Waals surface area (Å²) >= 11 is 0. The predicted octanol–water partition coefficient (Wildman–Crippen LogP) is 3.13. The molecule has 5 aromatic rings. The number of carbonyl (C=O) groups is 1. The Hall–Kier alpha value is -5.61. The van der Waals surface area contributed by atoms with E-state index >= 15 is 0 Å². The minimum atomic E-state index is 0.0569. The van der Waals surface area contributed by atoms with Gasteiger partial charge >= 0.3 is 0 Å². The first-order valence-electron chi connectivity index (χ1n) is 15.5. The topological polar surface area (TPSA) is 167 Å². The number of hydrogen-bond donors (Lipinski definition) is 3. The number of anilines is 3. The zero-order chi connectivity index (χ0) is 31.5. The molecule has 2 saturated heterocycles. The van der Waals surface area contributed by atoms with Gasteiger partial charge in [-0.2, -0.15) is 5.26 Å². The largest absolute Gasteiger partial charge is 0.383 e. The van der Waals surface area contributed by atoms with Gasteiger partial charge in [0.15, 0.2) is 11.5 Å². The number of piperidine rings is 1. The van der Waals surface area contributed by atoms with Crippen LogP contribution in [0.25, 0.3) is 28.2 Å². The number of nitriles is 1. The lowest BCUT2D eigenvalue weighted by Crippen LogP contribution is -2.38. The molecule has 2 aliphatic rings. The summed E-state index contributed by atoms with van der Waals surface area (Å²) in [5.41, 5.74) is 11.0. The van der Waals surface area contributed by atoms with Crippen molar-refractivity contribution in [2.45, 2.75) is 31.8 Å². The standard InChI is InChI=1S/C33H34N12O/c34-19-24-18-28(39-21-38-24)40-23-9-14-43(15-10-23)20-22-3-5-25(6-4-22)45-32(26-2-1-12-37-31(26)35)41-27-7-8-29(42-33(27)45)44-16-11-30(46)36-13-17-44/h1-8,12,18,21,23H,9-11,13-17,20H2,(H2,35,37)(H,36,46)(H,38,39,40). The zero-order valence-electron chi connectivity index (χ0n) is 25.3. The van der Waals surface area contributed by atoms with Crippen LogP contribution in [0.1, 0.15) is 30.5 Å². The van der Waals surface area contributed by atoms with Crippen molar-refractivity contribution in [3.8, 4) is 23.1 Å². The van der Waals surface area contributed by atoms with Gasteiger partial charge in [0.05, 0.1) is 5.56 Å². The van der Waals surface area contributed by atoms with E-state index in [0.29, 0.717) is 60.9 Å². The van der Waals surface area contributed by atoms with Crippen molar-refractivity contribution in [1.29, 1.82) is 5.26 Å². The Morgan fingerprint density at radius 2 is 1.85 bits per heavy atom. The fraction of sp³-hybridized carbons (Fsp3) is 0.303. The van der Waals surface area contributed by atoms with Gasteiger partial charge in [-0.05, 0) is 54.8 Å². The first-order valence-corrected chi connectivity index (χ1v) is 15.5. The number of likely N-dealkylation sites (tertiary alicyclic amines) is 1. The zero-order valence-corrected chi connectivity index (χ0v) is 25.3. The number of rotatable bonds is 7. The Balaban J connectivity index is 1.12. The third kappa shape index (κ3) is 6.15. The van der Waals surface area contributed by atoms with Gasteiger partial charge in [0.1, 0.15) is 41.1 Å². The number of fused-ring (bicyclic) bond motifs is 1. The van der Waals surface area contributed by atoms with Crippen molar-refractivity contribution >= 4 is 34.5 Å². The number of pyridine rings is 2. The van der Waals surface area contributed by atoms with E-state index < -0.39 is 0 Å². The number of nitrogens with two attached hydrogens (primary N) is 1. The van der Waals surface area contributed by atoms with E-state index in [1.165, 1.54) is 11.9 Å². The van der Waals surface area contributed by atoms with Gasteiger partial charge in [-0.1, -0.05) is 12.1 Å². The summed E-state index contributed by atoms with van der Waals surface area (Å²) in [5, 5.41) is 15.5. The van der Waals surface area contributed by atoms with Crippen molar-refractivity contribution < 1.29 is 4.79 Å². The van der Waals surface area contributed by atoms with Crippen LogP contribution in [0.2, 0.25) is 0 Å². The van der Waals surface area contributed by atoms with Crippen LogP contribution in [0.3, 0.4) is 0 Å². The van der Waals surface area contributed by atoms with Crippen LogP contribution >= 0.6 is 0 Å². The van der Waals surface area contributed by atoms with Crippen molar-refractivity contribution in [3.05, 3.63) is 78.4 Å². The van der Waals surface area contributed by atoms with Crippen LogP contribution in [0.5, 0.6) is 0 Å². The molecule has 46 heavy (non-hydrogen) atoms. The van der Waals surface area contributed by atoms with E-state index in [-0.39, 0.29) is 5.91 Å². The molecular formula is C33H34N12O. The van der Waals surface area contributed by atoms with Gasteiger partial charge in [-0.15, -0.1) is 0 Å². The number of nitrogens with zero attached hydrogens (tertiary/aromatic N) is 9. The molecule has 7 rings (SSSR count). The lowest BCUT2D eigenvalue weighted by molar-refractivity contribution is -0.120. The molecule has 1 amide bonds. The van der Waals surface area contributed by atoms with Gasteiger partial charge in [-0.25, -0.2) is 24.9 Å². The molecule has 4 N–H and O–H groups in total. The second-order valence-electron chi connectivity index (χ2n) is 11.6. The summed E-state index contributed by atoms with van der Waals surface area (Å²) < 4.78 is 2.04. The van der Waals surface area contributed by atoms with Crippen LogP contribution in [-0.2, 0) is 11.3 Å². The summed E-state index contributed by atoms with van der Waals surface area (Å²) in [4.78, 5) is 39.1. The SMILES string of the molecule is N#Cc1cc(NC2CCN(Cc3ccc(-n4c(-c5cccnc5N)nc5ccc(N6CCNC(=O)CC6)nc54)cc3)CC2)ncn1. The maximum atomic E-state index is 11.9. The fourth-order valence-corrected chi connectivity index (χ4v) is 6.10. The number of benzene rings is 1. The molecule has 0 radical (unpaired) electrons. The van der Waals surface area contributed by atoms with E-state index in [1.54, 1.807) is 12.3 Å². The number of carbonyl (C=O) groups excluding carboxylic acids is 1. The molecule has 2 aliphatic heterocycles. The molecule has 2 fully saturated rings. The number of aromatic nitrogens is 6. The lowest BCUT2D eigenvalue weighted by atomic mass is 10.0. The molecule has 0 saturated carbocycles. The molecule has 0 bridgehead atoms. The van der Waals surface area contributed by atoms with Crippen molar-refractivity contribution in [2.75, 3.05) is 48.7 Å². The molecule has 0 unspecified atom stereocenters. The molecule has 1 aromatic carbocycles. The van der Waals surface area contributed by atoms with E-state index in [1.807, 2.05) is 28.8 Å². The highest BCUT2D eigenvalue weighted by molar-refractivity contribution is 5.84. The minimum Gasteiger partial charge on any atom is -0.383 e. The minimum absolute atomic E-state index is 0.0569. The average Bonchev–Trinajstić information content (AvgIpc) is 3.32. The summed E-state index contributed by atoms with van der Waals surface area (Å²) in [6.07, 6.45) is 5.49. The second kappa shape index (κ2) is 12.8. The van der Waals surface area contributed by atoms with Gasteiger partial charge in [0.2, 0.25) is 5.91 Å². The molecule has 13 nitrogen and oxygen atoms in total. The third-order valence-corrected chi connectivity index (χ3v) is 8.53. The Morgan fingerprint density at radius 1 is 1.00 bits per heavy atom. The van der Waals surface area contributed by atoms with Crippen LogP contribution < -0.4 is 21.3 Å². The number of hydrogen-bond acceptors (Lipinski definition) is 11. The van der Waals surface area contributed by atoms with Crippen LogP contribution in [-0.4, -0.2) is 79.1 Å². The summed E-state index contributed by atoms with van der Waals surface area (Å²) in [6.45, 7) is 4.62. The third-order valence-electron chi connectivity index (χ3n) is 8.53. The van der Waals surface area contributed by atoms with Gasteiger partial charge in [-0.3, -0.25) is 14.3 Å². The second-order valence-corrected chi connectivity index (χ2v) is 11.6. The first-order chi connectivity index (χ1) is 22.5. The van der Waals surface area contributed by atoms with Crippen molar-refractivity contribution in [2.24, 2.45) is 0 Å². The highest BCUT2D eigenvalue weighted by Gasteiger charge is 2.22. The monoisotopic (exact) mass is 614 g/mol. The quantitative estimate of drug-likeness (QED) is 0.246. The molecular weight excluding hydrogens is 580 g/mol. The van der Waals surface area contributed by atoms with Crippen molar-refractivity contribution in [1.82, 2.24) is 39.7 Å². The Bertz CT molecular complexity index is 1910. The van der Waals surface area contributed by atoms with Crippen LogP contribution in [0.4, 0.5) is 17.5 Å². The van der Waals surface area contributed by atoms with E-state index in [0.717, 1.165) is 55.1 Å². The number of imidazole rings is 1. The Morgan fingerprint density at radius 3 is 2.65 bits per heavy atom. The molecule has 0 spiro atoms. The number of nitrogens with one attached hydrogen (secondary N) is 2. The van der Waals surface area contributed by atoms with Crippen molar-refractivity contribution in [3.63, 3.8) is 0 Å². The molecule has 4 aromatic heterocycles. The lowest BCUT2D eigenvalue weighted by Gasteiger charge is -2.32. The number of nitrogen functional groups attached to an aromatic ring is 1. The summed E-state index contributed by atoms with van der Waals surface area (Å²) in [5.74, 6) is 2.62. The molecule has 0 aliphatic carbocycles. The summed E-state index contributed by atoms with van der Waals surface area (Å²) in [6, 6.07) is 20.3. The van der Waals surface area contributed by atoms with Crippen LogP contribution in [0, 0.1) is 11.3 Å². The number of amides is 1. The van der Waals surface area contributed by atoms with Crippen LogP contribution in [0.15, 0.2) is 67.1 Å². The maximum Gasteiger partial charge on any atom is 0.221 e. The van der Waals surface area contributed by atoms with E-state index in [4.69, 9.17) is 21.0 Å². The van der Waals surface area contributed by atoms with Gasteiger partial charge < -0.3 is 21.3 Å². The maximum absolute atomic E-state index is 11.9. The molecule has 0 atom stereocenters.